The Morgan fingerprint density at radius 3 is 2.55 bits per heavy atom. The third-order valence-corrected chi connectivity index (χ3v) is 4.45. The van der Waals surface area contributed by atoms with Crippen LogP contribution in [-0.4, -0.2) is 43.7 Å². The number of thioether (sulfide) groups is 1. The molecule has 0 aliphatic rings. The van der Waals surface area contributed by atoms with Crippen molar-refractivity contribution in [3.8, 4) is 11.7 Å². The van der Waals surface area contributed by atoms with Crippen LogP contribution in [0.4, 0.5) is 18.9 Å². The summed E-state index contributed by atoms with van der Waals surface area (Å²) in [6, 6.07) is 5.83. The number of halogens is 3. The summed E-state index contributed by atoms with van der Waals surface area (Å²) < 4.78 is 46.4. The highest BCUT2D eigenvalue weighted by Crippen LogP contribution is 2.33. The van der Waals surface area contributed by atoms with E-state index in [1.165, 1.54) is 37.2 Å². The molecule has 0 bridgehead atoms. The second-order valence-electron chi connectivity index (χ2n) is 5.52. The molecule has 3 heterocycles. The van der Waals surface area contributed by atoms with Crippen LogP contribution >= 0.6 is 11.8 Å². The second kappa shape index (κ2) is 8.47. The molecule has 0 saturated carbocycles. The fourth-order valence-corrected chi connectivity index (χ4v) is 2.97. The Morgan fingerprint density at radius 2 is 2.00 bits per heavy atom. The number of carbonyl (C=O) groups excluding carboxylic acids is 1. The number of nitrogens with one attached hydrogen (secondary N) is 1. The number of hydrogen-bond donors (Lipinski definition) is 1. The Bertz CT molecular complexity index is 990. The Hall–Kier alpha value is -3.15. The van der Waals surface area contributed by atoms with Crippen LogP contribution in [0.3, 0.4) is 0 Å². The van der Waals surface area contributed by atoms with Crippen LogP contribution in [0, 0.1) is 0 Å². The minimum Gasteiger partial charge on any atom is -0.480 e. The molecular weight excluding hydrogens is 409 g/mol. The Balaban J connectivity index is 1.92. The summed E-state index contributed by atoms with van der Waals surface area (Å²) in [5.41, 5.74) is -1.65. The van der Waals surface area contributed by atoms with Gasteiger partial charge in [0.05, 0.1) is 35.8 Å². The van der Waals surface area contributed by atoms with Gasteiger partial charge in [-0.15, -0.1) is 22.0 Å². The lowest BCUT2D eigenvalue weighted by Gasteiger charge is -2.12. The van der Waals surface area contributed by atoms with Crippen LogP contribution in [0.2, 0.25) is 0 Å². The average Bonchev–Trinajstić information content (AvgIpc) is 3.16. The first kappa shape index (κ1) is 20.6. The van der Waals surface area contributed by atoms with Crippen LogP contribution in [0.1, 0.15) is 23.0 Å². The first-order valence-corrected chi connectivity index (χ1v) is 9.25. The van der Waals surface area contributed by atoms with Gasteiger partial charge in [0.25, 0.3) is 5.91 Å². The lowest BCUT2D eigenvalue weighted by atomic mass is 10.2. The van der Waals surface area contributed by atoms with Crippen LogP contribution in [0.25, 0.3) is 5.82 Å². The van der Waals surface area contributed by atoms with Gasteiger partial charge in [-0.25, -0.2) is 9.67 Å². The zero-order valence-corrected chi connectivity index (χ0v) is 16.1. The van der Waals surface area contributed by atoms with Gasteiger partial charge < -0.3 is 10.1 Å². The van der Waals surface area contributed by atoms with Gasteiger partial charge in [0.2, 0.25) is 5.88 Å². The van der Waals surface area contributed by atoms with Gasteiger partial charge in [0, 0.05) is 6.07 Å². The van der Waals surface area contributed by atoms with E-state index in [0.717, 1.165) is 17.0 Å². The Morgan fingerprint density at radius 1 is 1.21 bits per heavy atom. The molecule has 152 valence electrons. The van der Waals surface area contributed by atoms with E-state index in [1.807, 2.05) is 6.92 Å². The highest BCUT2D eigenvalue weighted by atomic mass is 32.2. The quantitative estimate of drug-likeness (QED) is 0.606. The molecule has 0 fully saturated rings. The van der Waals surface area contributed by atoms with Crippen molar-refractivity contribution in [3.05, 3.63) is 47.9 Å². The van der Waals surface area contributed by atoms with E-state index in [-0.39, 0.29) is 17.4 Å². The van der Waals surface area contributed by atoms with Crippen molar-refractivity contribution in [2.45, 2.75) is 18.1 Å². The first-order valence-electron chi connectivity index (χ1n) is 8.27. The van der Waals surface area contributed by atoms with Crippen molar-refractivity contribution in [1.29, 1.82) is 0 Å². The van der Waals surface area contributed by atoms with Crippen LogP contribution in [-0.2, 0) is 6.18 Å². The standard InChI is InChI=1S/C17H15F3N6O2S/c1-3-29-14-7-4-10(8-21-14)23-16(27)11-9-22-26(15(11)17(18,19)20)12-5-6-13(28-2)25-24-12/h4-9H,3H2,1-2H3,(H,23,27). The number of anilines is 1. The highest BCUT2D eigenvalue weighted by molar-refractivity contribution is 7.99. The molecule has 12 heteroatoms. The number of ether oxygens (including phenoxy) is 1. The molecule has 0 radical (unpaired) electrons. The van der Waals surface area contributed by atoms with E-state index in [9.17, 15) is 18.0 Å². The minimum absolute atomic E-state index is 0.129. The van der Waals surface area contributed by atoms with Gasteiger partial charge in [-0.05, 0) is 24.0 Å². The number of nitrogens with zero attached hydrogens (tertiary/aromatic N) is 5. The van der Waals surface area contributed by atoms with Crippen molar-refractivity contribution in [2.24, 2.45) is 0 Å². The molecule has 0 aliphatic carbocycles. The van der Waals surface area contributed by atoms with Crippen LogP contribution in [0.15, 0.2) is 41.7 Å². The van der Waals surface area contributed by atoms with E-state index in [1.54, 1.807) is 12.1 Å². The fourth-order valence-electron chi connectivity index (χ4n) is 2.38. The van der Waals surface area contributed by atoms with Crippen molar-refractivity contribution < 1.29 is 22.7 Å². The zero-order chi connectivity index (χ0) is 21.0. The Labute approximate surface area is 167 Å². The maximum Gasteiger partial charge on any atom is 0.434 e. The van der Waals surface area contributed by atoms with E-state index in [0.29, 0.717) is 4.68 Å². The number of aromatic nitrogens is 5. The largest absolute Gasteiger partial charge is 0.480 e. The Kier molecular flexibility index (Phi) is 6.01. The van der Waals surface area contributed by atoms with Gasteiger partial charge in [-0.3, -0.25) is 4.79 Å². The summed E-state index contributed by atoms with van der Waals surface area (Å²) in [5.74, 6) is -0.228. The third kappa shape index (κ3) is 4.65. The van der Waals surface area contributed by atoms with E-state index >= 15 is 0 Å². The smallest absolute Gasteiger partial charge is 0.434 e. The first-order chi connectivity index (χ1) is 13.8. The number of hydrogen-bond acceptors (Lipinski definition) is 7. The third-order valence-electron chi connectivity index (χ3n) is 3.62. The maximum absolute atomic E-state index is 13.7. The number of carbonyl (C=O) groups is 1. The second-order valence-corrected chi connectivity index (χ2v) is 6.81. The SMILES string of the molecule is CCSc1ccc(NC(=O)c2cnn(-c3ccc(OC)nn3)c2C(F)(F)F)cn1. The summed E-state index contributed by atoms with van der Waals surface area (Å²) >= 11 is 1.50. The highest BCUT2D eigenvalue weighted by Gasteiger charge is 2.41. The molecule has 0 aromatic carbocycles. The fraction of sp³-hybridized carbons (Fsp3) is 0.235. The molecule has 3 aromatic rings. The minimum atomic E-state index is -4.86. The van der Waals surface area contributed by atoms with Gasteiger partial charge in [-0.2, -0.15) is 18.3 Å². The molecule has 3 rings (SSSR count). The lowest BCUT2D eigenvalue weighted by Crippen LogP contribution is -2.21. The predicted octanol–water partition coefficient (Wildman–Crippen LogP) is 3.45. The van der Waals surface area contributed by atoms with Gasteiger partial charge in [0.1, 0.15) is 0 Å². The summed E-state index contributed by atoms with van der Waals surface area (Å²) in [7, 11) is 1.35. The molecule has 0 spiro atoms. The summed E-state index contributed by atoms with van der Waals surface area (Å²) in [6.45, 7) is 1.96. The molecule has 29 heavy (non-hydrogen) atoms. The van der Waals surface area contributed by atoms with Crippen molar-refractivity contribution in [1.82, 2.24) is 25.0 Å². The molecular formula is C17H15F3N6O2S. The van der Waals surface area contributed by atoms with Crippen LogP contribution in [0.5, 0.6) is 5.88 Å². The number of pyridine rings is 1. The average molecular weight is 424 g/mol. The van der Waals surface area contributed by atoms with Crippen molar-refractivity contribution >= 4 is 23.4 Å². The van der Waals surface area contributed by atoms with Gasteiger partial charge in [0.15, 0.2) is 11.5 Å². The molecule has 1 N–H and O–H groups in total. The molecule has 0 unspecified atom stereocenters. The maximum atomic E-state index is 13.7. The molecule has 0 saturated heterocycles. The topological polar surface area (TPSA) is 94.8 Å². The van der Waals surface area contributed by atoms with Gasteiger partial charge in [-0.1, -0.05) is 6.92 Å². The normalized spacial score (nSPS) is 11.3. The van der Waals surface area contributed by atoms with E-state index in [2.05, 4.69) is 25.6 Å². The van der Waals surface area contributed by atoms with Crippen molar-refractivity contribution in [2.75, 3.05) is 18.2 Å². The predicted molar refractivity (Wildman–Crippen MR) is 99.3 cm³/mol. The zero-order valence-electron chi connectivity index (χ0n) is 15.3. The molecule has 0 atom stereocenters. The molecule has 3 aromatic heterocycles. The summed E-state index contributed by atoms with van der Waals surface area (Å²) in [6.07, 6.45) is -2.65. The number of amides is 1. The summed E-state index contributed by atoms with van der Waals surface area (Å²) in [4.78, 5) is 16.6. The molecule has 0 aliphatic heterocycles. The molecule has 1 amide bonds. The summed E-state index contributed by atoms with van der Waals surface area (Å²) in [5, 5.41) is 14.1. The number of methoxy groups -OCH3 is 1. The molecule has 8 nitrogen and oxygen atoms in total. The van der Waals surface area contributed by atoms with Crippen LogP contribution < -0.4 is 10.1 Å². The number of rotatable bonds is 6. The monoisotopic (exact) mass is 424 g/mol. The van der Waals surface area contributed by atoms with Gasteiger partial charge >= 0.3 is 6.18 Å². The van der Waals surface area contributed by atoms with Crippen molar-refractivity contribution in [3.63, 3.8) is 0 Å². The van der Waals surface area contributed by atoms with E-state index in [4.69, 9.17) is 4.74 Å². The van der Waals surface area contributed by atoms with E-state index < -0.39 is 23.3 Å². The number of alkyl halides is 3. The lowest BCUT2D eigenvalue weighted by molar-refractivity contribution is -0.143.